The minimum Gasteiger partial charge on any atom is -0.478 e. The molecule has 1 aromatic carbocycles. The Hall–Kier alpha value is -2.77. The number of rotatable bonds is 10. The van der Waals surface area contributed by atoms with Gasteiger partial charge in [-0.2, -0.15) is 0 Å². The number of hydrogen-bond donors (Lipinski definition) is 2. The maximum absolute atomic E-state index is 11.7. The van der Waals surface area contributed by atoms with Crippen LogP contribution in [0.5, 0.6) is 5.75 Å². The van der Waals surface area contributed by atoms with Gasteiger partial charge in [0.2, 0.25) is 12.4 Å². The van der Waals surface area contributed by atoms with Gasteiger partial charge in [-0.15, -0.1) is 0 Å². The summed E-state index contributed by atoms with van der Waals surface area (Å²) in [5.41, 5.74) is 1.04. The number of aryl methyl sites for hydroxylation is 1. The Labute approximate surface area is 152 Å². The molecule has 2 atom stereocenters. The summed E-state index contributed by atoms with van der Waals surface area (Å²) in [6.45, 7) is 4.74. The molecule has 0 aliphatic carbocycles. The van der Waals surface area contributed by atoms with Gasteiger partial charge in [0.25, 0.3) is 0 Å². The number of ether oxygens (including phenoxy) is 3. The summed E-state index contributed by atoms with van der Waals surface area (Å²) >= 11 is 0. The molecule has 1 rings (SSSR count). The topological polar surface area (TPSA) is 111 Å². The number of carbonyl (C=O) groups excluding carboxylic acids is 2. The summed E-state index contributed by atoms with van der Waals surface area (Å²) in [6.07, 6.45) is -1.30. The minimum atomic E-state index is -1.28. The summed E-state index contributed by atoms with van der Waals surface area (Å²) in [5.74, 6) is -1.33. The third kappa shape index (κ3) is 7.87. The molecule has 0 heterocycles. The fraction of sp³-hybridized carbons (Fsp3) is 0.500. The number of carboxylic acid groups (broad SMARTS) is 1. The number of hydrogen-bond acceptors (Lipinski definition) is 6. The van der Waals surface area contributed by atoms with Crippen molar-refractivity contribution in [1.29, 1.82) is 0 Å². The maximum atomic E-state index is 11.7. The molecule has 0 aliphatic heterocycles. The Morgan fingerprint density at radius 1 is 1.19 bits per heavy atom. The van der Waals surface area contributed by atoms with Crippen molar-refractivity contribution in [3.05, 3.63) is 29.8 Å². The van der Waals surface area contributed by atoms with Crippen LogP contribution in [0.2, 0.25) is 0 Å². The Morgan fingerprint density at radius 3 is 2.54 bits per heavy atom. The van der Waals surface area contributed by atoms with Crippen molar-refractivity contribution in [1.82, 2.24) is 5.32 Å². The summed E-state index contributed by atoms with van der Waals surface area (Å²) in [6, 6.07) is 7.13. The molecule has 1 amide bonds. The van der Waals surface area contributed by atoms with Crippen LogP contribution in [0.4, 0.5) is 4.79 Å². The van der Waals surface area contributed by atoms with Crippen LogP contribution < -0.4 is 10.1 Å². The number of aliphatic carboxylic acids is 1. The molecule has 0 unspecified atom stereocenters. The predicted octanol–water partition coefficient (Wildman–Crippen LogP) is 2.50. The molecule has 0 aromatic heterocycles. The zero-order valence-corrected chi connectivity index (χ0v) is 15.2. The first-order chi connectivity index (χ1) is 12.3. The van der Waals surface area contributed by atoms with Crippen molar-refractivity contribution in [3.63, 3.8) is 0 Å². The predicted molar refractivity (Wildman–Crippen MR) is 92.8 cm³/mol. The van der Waals surface area contributed by atoms with E-state index in [1.54, 1.807) is 25.1 Å². The van der Waals surface area contributed by atoms with Gasteiger partial charge in [-0.05, 0) is 24.1 Å². The van der Waals surface area contributed by atoms with Gasteiger partial charge in [-0.3, -0.25) is 4.79 Å². The van der Waals surface area contributed by atoms with E-state index in [9.17, 15) is 19.5 Å². The van der Waals surface area contributed by atoms with E-state index in [-0.39, 0.29) is 13.0 Å². The van der Waals surface area contributed by atoms with Gasteiger partial charge in [0.05, 0.1) is 6.54 Å². The number of esters is 1. The second-order valence-electron chi connectivity index (χ2n) is 5.54. The van der Waals surface area contributed by atoms with Crippen molar-refractivity contribution in [3.8, 4) is 5.75 Å². The highest BCUT2D eigenvalue weighted by molar-refractivity contribution is 5.75. The van der Waals surface area contributed by atoms with Crippen molar-refractivity contribution in [2.24, 2.45) is 0 Å². The number of amides is 1. The monoisotopic (exact) mass is 367 g/mol. The fourth-order valence-corrected chi connectivity index (χ4v) is 2.07. The first kappa shape index (κ1) is 21.3. The van der Waals surface area contributed by atoms with E-state index < -0.39 is 30.4 Å². The molecule has 144 valence electrons. The standard InChI is InChI=1S/C18H25NO7/c1-4-7-13-8-6-9-14(10-13)26-15(17(21)22)11-19-18(23)25-12(3)24-16(20)5-2/h6,8-10,12,15H,4-5,7,11H2,1-3H3,(H,19,23)(H,21,22)/t12-,15+/m1/s1. The highest BCUT2D eigenvalue weighted by Gasteiger charge is 2.22. The van der Waals surface area contributed by atoms with Crippen LogP contribution in [0.3, 0.4) is 0 Å². The van der Waals surface area contributed by atoms with Crippen molar-refractivity contribution >= 4 is 18.0 Å². The van der Waals surface area contributed by atoms with Gasteiger partial charge in [-0.25, -0.2) is 9.59 Å². The maximum Gasteiger partial charge on any atom is 0.410 e. The molecule has 0 aliphatic rings. The summed E-state index contributed by atoms with van der Waals surface area (Å²) in [5, 5.41) is 11.6. The van der Waals surface area contributed by atoms with Crippen molar-refractivity contribution in [2.75, 3.05) is 6.54 Å². The molecule has 0 saturated carbocycles. The van der Waals surface area contributed by atoms with Gasteiger partial charge in [-0.1, -0.05) is 32.4 Å². The van der Waals surface area contributed by atoms with Gasteiger partial charge < -0.3 is 24.6 Å². The number of carboxylic acids is 1. The van der Waals surface area contributed by atoms with Gasteiger partial charge in [0.1, 0.15) is 5.75 Å². The zero-order chi connectivity index (χ0) is 19.5. The van der Waals surface area contributed by atoms with E-state index in [1.807, 2.05) is 13.0 Å². The number of nitrogens with one attached hydrogen (secondary N) is 1. The molecule has 8 nitrogen and oxygen atoms in total. The first-order valence-electron chi connectivity index (χ1n) is 8.48. The minimum absolute atomic E-state index is 0.154. The summed E-state index contributed by atoms with van der Waals surface area (Å²) in [4.78, 5) is 34.1. The second-order valence-corrected chi connectivity index (χ2v) is 5.54. The van der Waals surface area contributed by atoms with Gasteiger partial charge >= 0.3 is 18.0 Å². The fourth-order valence-electron chi connectivity index (χ4n) is 2.07. The summed E-state index contributed by atoms with van der Waals surface area (Å²) in [7, 11) is 0. The van der Waals surface area contributed by atoms with Crippen LogP contribution in [-0.4, -0.2) is 42.1 Å². The van der Waals surface area contributed by atoms with E-state index in [2.05, 4.69) is 5.32 Å². The molecule has 0 radical (unpaired) electrons. The van der Waals surface area contributed by atoms with Crippen LogP contribution in [0, 0.1) is 0 Å². The number of carbonyl (C=O) groups is 3. The molecule has 26 heavy (non-hydrogen) atoms. The molecule has 0 spiro atoms. The second kappa shape index (κ2) is 11.0. The lowest BCUT2D eigenvalue weighted by Gasteiger charge is -2.18. The van der Waals surface area contributed by atoms with E-state index in [0.29, 0.717) is 5.75 Å². The molecular formula is C18H25NO7. The smallest absolute Gasteiger partial charge is 0.410 e. The molecule has 8 heteroatoms. The lowest BCUT2D eigenvalue weighted by Crippen LogP contribution is -2.41. The average molecular weight is 367 g/mol. The Balaban J connectivity index is 2.55. The third-order valence-electron chi connectivity index (χ3n) is 3.28. The zero-order valence-electron chi connectivity index (χ0n) is 15.2. The first-order valence-corrected chi connectivity index (χ1v) is 8.48. The quantitative estimate of drug-likeness (QED) is 0.483. The van der Waals surface area contributed by atoms with E-state index in [0.717, 1.165) is 18.4 Å². The van der Waals surface area contributed by atoms with E-state index in [4.69, 9.17) is 14.2 Å². The van der Waals surface area contributed by atoms with E-state index >= 15 is 0 Å². The highest BCUT2D eigenvalue weighted by atomic mass is 16.7. The van der Waals surface area contributed by atoms with Crippen LogP contribution in [-0.2, 0) is 25.5 Å². The molecule has 0 saturated heterocycles. The van der Waals surface area contributed by atoms with Crippen molar-refractivity contribution in [2.45, 2.75) is 52.4 Å². The lowest BCUT2D eigenvalue weighted by atomic mass is 10.1. The van der Waals surface area contributed by atoms with Crippen LogP contribution in [0.15, 0.2) is 24.3 Å². The SMILES string of the molecule is CCCc1cccc(O[C@@H](CNC(=O)O[C@H](C)OC(=O)CC)C(=O)O)c1. The largest absolute Gasteiger partial charge is 0.478 e. The van der Waals surface area contributed by atoms with Gasteiger partial charge in [0.15, 0.2) is 0 Å². The lowest BCUT2D eigenvalue weighted by molar-refractivity contribution is -0.164. The molecule has 0 bridgehead atoms. The highest BCUT2D eigenvalue weighted by Crippen LogP contribution is 2.16. The Kier molecular flexibility index (Phi) is 8.97. The average Bonchev–Trinajstić information content (AvgIpc) is 2.58. The van der Waals surface area contributed by atoms with Crippen molar-refractivity contribution < 1.29 is 33.7 Å². The van der Waals surface area contributed by atoms with Crippen LogP contribution >= 0.6 is 0 Å². The third-order valence-corrected chi connectivity index (χ3v) is 3.28. The van der Waals surface area contributed by atoms with Crippen LogP contribution in [0.1, 0.15) is 39.2 Å². The van der Waals surface area contributed by atoms with Gasteiger partial charge in [0, 0.05) is 13.3 Å². The van der Waals surface area contributed by atoms with Crippen LogP contribution in [0.25, 0.3) is 0 Å². The molecular weight excluding hydrogens is 342 g/mol. The normalized spacial score (nSPS) is 12.6. The molecule has 2 N–H and O–H groups in total. The Morgan fingerprint density at radius 2 is 1.92 bits per heavy atom. The number of alkyl carbamates (subject to hydrolysis) is 1. The molecule has 1 aromatic rings. The number of benzene rings is 1. The Bertz CT molecular complexity index is 617. The molecule has 0 fully saturated rings. The van der Waals surface area contributed by atoms with E-state index in [1.165, 1.54) is 6.92 Å². The summed E-state index contributed by atoms with van der Waals surface area (Å²) < 4.78 is 15.0.